The molecule has 2 aromatic carbocycles. The number of benzene rings is 2. The van der Waals surface area contributed by atoms with Crippen LogP contribution in [0.3, 0.4) is 0 Å². The molecule has 0 saturated heterocycles. The lowest BCUT2D eigenvalue weighted by atomic mass is 10.2. The van der Waals surface area contributed by atoms with Gasteiger partial charge >= 0.3 is 0 Å². The Morgan fingerprint density at radius 3 is 2.36 bits per heavy atom. The first-order valence-corrected chi connectivity index (χ1v) is 8.02. The minimum absolute atomic E-state index is 0.327. The summed E-state index contributed by atoms with van der Waals surface area (Å²) in [6, 6.07) is 18.2. The number of rotatable bonds is 2. The van der Waals surface area contributed by atoms with E-state index in [1.807, 2.05) is 69.3 Å². The average Bonchev–Trinajstić information content (AvgIpc) is 2.52. The number of para-hydroxylation sites is 1. The first-order valence-electron chi connectivity index (χ1n) is 7.20. The monoisotopic (exact) mass is 310 g/mol. The van der Waals surface area contributed by atoms with Crippen molar-refractivity contribution in [1.82, 2.24) is 4.98 Å². The average molecular weight is 310 g/mol. The minimum atomic E-state index is -0.327. The van der Waals surface area contributed by atoms with E-state index in [0.29, 0.717) is 0 Å². The summed E-state index contributed by atoms with van der Waals surface area (Å²) >= 11 is 1.59. The number of fused-ring (bicyclic) bond motifs is 1. The highest BCUT2D eigenvalue weighted by Gasteiger charge is 2.12. The van der Waals surface area contributed by atoms with Crippen LogP contribution in [0.25, 0.3) is 21.5 Å². The summed E-state index contributed by atoms with van der Waals surface area (Å²) < 4.78 is 1.89. The molecule has 0 aliphatic heterocycles. The van der Waals surface area contributed by atoms with Crippen LogP contribution < -0.4 is 4.67 Å². The Morgan fingerprint density at radius 1 is 0.955 bits per heavy atom. The molecular weight excluding hydrogens is 292 g/mol. The molecule has 0 amide bonds. The van der Waals surface area contributed by atoms with Crippen LogP contribution in [0.1, 0.15) is 20.8 Å². The van der Waals surface area contributed by atoms with Crippen molar-refractivity contribution in [2.24, 2.45) is 5.16 Å². The van der Waals surface area contributed by atoms with Crippen LogP contribution in [0, 0.1) is 0 Å². The van der Waals surface area contributed by atoms with Crippen LogP contribution >= 0.6 is 11.3 Å². The third-order valence-electron chi connectivity index (χ3n) is 2.96. The number of hydrogen-bond acceptors (Lipinski definition) is 4. The van der Waals surface area contributed by atoms with E-state index in [9.17, 15) is 0 Å². The lowest BCUT2D eigenvalue weighted by molar-refractivity contribution is -0.00528. The molecule has 0 unspecified atom stereocenters. The fourth-order valence-electron chi connectivity index (χ4n) is 1.98. The van der Waals surface area contributed by atoms with Crippen LogP contribution in [0.5, 0.6) is 0 Å². The molecule has 3 aromatic rings. The molecule has 0 fully saturated rings. The van der Waals surface area contributed by atoms with Crippen LogP contribution in [0.15, 0.2) is 59.8 Å². The molecule has 0 atom stereocenters. The zero-order valence-electron chi connectivity index (χ0n) is 12.9. The Morgan fingerprint density at radius 2 is 1.64 bits per heavy atom. The van der Waals surface area contributed by atoms with Gasteiger partial charge in [0.2, 0.25) is 0 Å². The Labute approximate surface area is 133 Å². The van der Waals surface area contributed by atoms with Gasteiger partial charge in [0.05, 0.1) is 10.2 Å². The van der Waals surface area contributed by atoms with Crippen molar-refractivity contribution in [3.8, 4) is 11.3 Å². The maximum Gasteiger partial charge on any atom is 0.182 e. The first kappa shape index (κ1) is 14.7. The SMILES string of the molecule is CC(C)(C)O/N=c1/sc2ccccc2nc1-c1ccccc1. The van der Waals surface area contributed by atoms with Gasteiger partial charge in [0.15, 0.2) is 4.67 Å². The Hall–Kier alpha value is -2.20. The maximum absolute atomic E-state index is 5.62. The van der Waals surface area contributed by atoms with E-state index in [-0.39, 0.29) is 5.60 Å². The normalized spacial score (nSPS) is 12.6. The molecule has 3 nitrogen and oxygen atoms in total. The lowest BCUT2D eigenvalue weighted by Gasteiger charge is -2.15. The molecule has 0 bridgehead atoms. The van der Waals surface area contributed by atoms with E-state index in [1.165, 1.54) is 0 Å². The van der Waals surface area contributed by atoms with Gasteiger partial charge in [0.25, 0.3) is 0 Å². The van der Waals surface area contributed by atoms with E-state index >= 15 is 0 Å². The second-order valence-corrected chi connectivity index (χ2v) is 7.03. The first-order chi connectivity index (χ1) is 10.5. The number of aromatic nitrogens is 1. The fourth-order valence-corrected chi connectivity index (χ4v) is 2.89. The molecule has 0 radical (unpaired) electrons. The number of nitrogens with zero attached hydrogens (tertiary/aromatic N) is 2. The van der Waals surface area contributed by atoms with Gasteiger partial charge < -0.3 is 4.84 Å². The Bertz CT molecular complexity index is 848. The molecule has 1 aromatic heterocycles. The molecule has 0 saturated carbocycles. The Balaban J connectivity index is 2.23. The molecule has 0 spiro atoms. The predicted octanol–water partition coefficient (Wildman–Crippen LogP) is 4.59. The Kier molecular flexibility index (Phi) is 3.94. The molecule has 0 N–H and O–H groups in total. The minimum Gasteiger partial charge on any atom is -0.389 e. The van der Waals surface area contributed by atoms with Gasteiger partial charge in [-0.05, 0) is 32.9 Å². The molecule has 0 aliphatic rings. The van der Waals surface area contributed by atoms with Crippen molar-refractivity contribution in [3.05, 3.63) is 59.3 Å². The zero-order chi connectivity index (χ0) is 15.6. The van der Waals surface area contributed by atoms with E-state index in [1.54, 1.807) is 11.3 Å². The molecule has 112 valence electrons. The van der Waals surface area contributed by atoms with Crippen molar-refractivity contribution in [2.45, 2.75) is 26.4 Å². The van der Waals surface area contributed by atoms with Gasteiger partial charge in [-0.2, -0.15) is 0 Å². The number of hydrogen-bond donors (Lipinski definition) is 0. The fraction of sp³-hybridized carbons (Fsp3) is 0.222. The van der Waals surface area contributed by atoms with E-state index in [4.69, 9.17) is 9.82 Å². The van der Waals surface area contributed by atoms with E-state index in [2.05, 4.69) is 11.2 Å². The second kappa shape index (κ2) is 5.89. The summed E-state index contributed by atoms with van der Waals surface area (Å²) in [6.45, 7) is 5.95. The van der Waals surface area contributed by atoms with Gasteiger partial charge in [0, 0.05) is 5.56 Å². The van der Waals surface area contributed by atoms with Crippen molar-refractivity contribution in [2.75, 3.05) is 0 Å². The molecule has 0 aliphatic carbocycles. The molecule has 1 heterocycles. The summed E-state index contributed by atoms with van der Waals surface area (Å²) in [5.74, 6) is 0. The smallest absolute Gasteiger partial charge is 0.182 e. The largest absolute Gasteiger partial charge is 0.389 e. The maximum atomic E-state index is 5.62. The highest BCUT2D eigenvalue weighted by molar-refractivity contribution is 7.16. The van der Waals surface area contributed by atoms with Gasteiger partial charge in [0.1, 0.15) is 11.3 Å². The van der Waals surface area contributed by atoms with Gasteiger partial charge in [-0.3, -0.25) is 0 Å². The highest BCUT2D eigenvalue weighted by Crippen LogP contribution is 2.20. The molecular formula is C18H18N2OS. The van der Waals surface area contributed by atoms with E-state index in [0.717, 1.165) is 26.1 Å². The topological polar surface area (TPSA) is 34.5 Å². The van der Waals surface area contributed by atoms with Gasteiger partial charge in [-0.1, -0.05) is 47.6 Å². The van der Waals surface area contributed by atoms with Crippen molar-refractivity contribution >= 4 is 21.6 Å². The summed E-state index contributed by atoms with van der Waals surface area (Å²) in [7, 11) is 0. The summed E-state index contributed by atoms with van der Waals surface area (Å²) in [5.41, 5.74) is 2.54. The molecule has 22 heavy (non-hydrogen) atoms. The second-order valence-electron chi connectivity index (χ2n) is 6.00. The van der Waals surface area contributed by atoms with Crippen LogP contribution in [-0.4, -0.2) is 10.6 Å². The van der Waals surface area contributed by atoms with Crippen LogP contribution in [0.2, 0.25) is 0 Å². The van der Waals surface area contributed by atoms with E-state index < -0.39 is 0 Å². The van der Waals surface area contributed by atoms with Crippen molar-refractivity contribution in [3.63, 3.8) is 0 Å². The standard InChI is InChI=1S/C18H18N2OS/c1-18(2,3)21-20-17-16(13-9-5-4-6-10-13)19-14-11-7-8-12-15(14)22-17/h4-12H,1-3H3/b20-17+. The molecule has 4 heteroatoms. The summed E-state index contributed by atoms with van der Waals surface area (Å²) in [4.78, 5) is 10.4. The quantitative estimate of drug-likeness (QED) is 0.649. The van der Waals surface area contributed by atoms with Crippen LogP contribution in [-0.2, 0) is 4.84 Å². The highest BCUT2D eigenvalue weighted by atomic mass is 32.1. The predicted molar refractivity (Wildman–Crippen MR) is 91.5 cm³/mol. The van der Waals surface area contributed by atoms with Gasteiger partial charge in [-0.25, -0.2) is 4.98 Å². The molecule has 3 rings (SSSR count). The zero-order valence-corrected chi connectivity index (χ0v) is 13.7. The summed E-state index contributed by atoms with van der Waals surface area (Å²) in [5, 5.41) is 4.36. The van der Waals surface area contributed by atoms with Crippen LogP contribution in [0.4, 0.5) is 0 Å². The van der Waals surface area contributed by atoms with Crippen molar-refractivity contribution in [1.29, 1.82) is 0 Å². The van der Waals surface area contributed by atoms with Gasteiger partial charge in [-0.15, -0.1) is 11.3 Å². The van der Waals surface area contributed by atoms with Crippen molar-refractivity contribution < 1.29 is 4.84 Å². The third-order valence-corrected chi connectivity index (χ3v) is 3.98. The summed E-state index contributed by atoms with van der Waals surface area (Å²) in [6.07, 6.45) is 0. The third kappa shape index (κ3) is 3.34. The lowest BCUT2D eigenvalue weighted by Crippen LogP contribution is -2.18.